The molecule has 0 aliphatic carbocycles. The standard InChI is InChI=1S/C10H7FNS/c1-7-10(12-6-13-7)8-3-2-4-9(11)5-8/h2-6H,1H2. The molecule has 2 aromatic rings. The number of rotatable bonds is 1. The van der Waals surface area contributed by atoms with Gasteiger partial charge in [-0.05, 0) is 19.1 Å². The lowest BCUT2D eigenvalue weighted by Gasteiger charge is -1.97. The molecule has 65 valence electrons. The number of nitrogens with zero attached hydrogens (tertiary/aromatic N) is 1. The van der Waals surface area contributed by atoms with Gasteiger partial charge in [0, 0.05) is 10.4 Å². The van der Waals surface area contributed by atoms with Gasteiger partial charge in [0.05, 0.1) is 11.2 Å². The van der Waals surface area contributed by atoms with Crippen molar-refractivity contribution in [3.05, 3.63) is 47.4 Å². The van der Waals surface area contributed by atoms with E-state index in [2.05, 4.69) is 11.9 Å². The molecule has 1 aromatic heterocycles. The van der Waals surface area contributed by atoms with E-state index in [1.54, 1.807) is 11.6 Å². The molecule has 1 heterocycles. The lowest BCUT2D eigenvalue weighted by molar-refractivity contribution is 0.628. The smallest absolute Gasteiger partial charge is 0.123 e. The zero-order valence-electron chi connectivity index (χ0n) is 6.83. The van der Waals surface area contributed by atoms with Crippen LogP contribution >= 0.6 is 11.3 Å². The number of hydrogen-bond donors (Lipinski definition) is 0. The maximum Gasteiger partial charge on any atom is 0.123 e. The van der Waals surface area contributed by atoms with Gasteiger partial charge in [-0.15, -0.1) is 11.3 Å². The molecule has 0 unspecified atom stereocenters. The molecule has 0 spiro atoms. The van der Waals surface area contributed by atoms with Gasteiger partial charge in [0.15, 0.2) is 0 Å². The van der Waals surface area contributed by atoms with Crippen LogP contribution in [0.3, 0.4) is 0 Å². The second-order valence-corrected chi connectivity index (χ2v) is 3.57. The van der Waals surface area contributed by atoms with E-state index in [0.29, 0.717) is 0 Å². The average molecular weight is 192 g/mol. The van der Waals surface area contributed by atoms with E-state index in [4.69, 9.17) is 0 Å². The molecule has 3 heteroatoms. The second kappa shape index (κ2) is 3.26. The first kappa shape index (κ1) is 8.38. The van der Waals surface area contributed by atoms with Gasteiger partial charge < -0.3 is 0 Å². The Bertz CT molecular complexity index is 422. The van der Waals surface area contributed by atoms with Crippen LogP contribution in [0.25, 0.3) is 11.3 Å². The predicted molar refractivity (Wildman–Crippen MR) is 52.0 cm³/mol. The predicted octanol–water partition coefficient (Wildman–Crippen LogP) is 3.13. The summed E-state index contributed by atoms with van der Waals surface area (Å²) in [5.74, 6) is -0.245. The van der Waals surface area contributed by atoms with Crippen LogP contribution in [0.1, 0.15) is 4.88 Å². The number of thiazole rings is 1. The molecular weight excluding hydrogens is 185 g/mol. The first-order valence-corrected chi connectivity index (χ1v) is 4.67. The van der Waals surface area contributed by atoms with Crippen LogP contribution in [0.2, 0.25) is 0 Å². The maximum atomic E-state index is 12.8. The third kappa shape index (κ3) is 1.60. The Kier molecular flexibility index (Phi) is 2.10. The molecule has 0 N–H and O–H groups in total. The largest absolute Gasteiger partial charge is 0.244 e. The molecule has 0 saturated carbocycles. The normalized spacial score (nSPS) is 10.3. The summed E-state index contributed by atoms with van der Waals surface area (Å²) in [5, 5.41) is 0. The minimum Gasteiger partial charge on any atom is -0.244 e. The van der Waals surface area contributed by atoms with Crippen molar-refractivity contribution < 1.29 is 4.39 Å². The quantitative estimate of drug-likeness (QED) is 0.676. The van der Waals surface area contributed by atoms with Crippen molar-refractivity contribution in [1.82, 2.24) is 4.98 Å². The SMILES string of the molecule is [CH2]c1scnc1-c1cccc(F)c1. The van der Waals surface area contributed by atoms with Crippen LogP contribution in [-0.2, 0) is 0 Å². The molecule has 1 aromatic carbocycles. The first-order valence-electron chi connectivity index (χ1n) is 3.79. The van der Waals surface area contributed by atoms with Gasteiger partial charge in [0.1, 0.15) is 5.82 Å². The third-order valence-corrected chi connectivity index (χ3v) is 2.43. The molecule has 2 rings (SSSR count). The van der Waals surface area contributed by atoms with E-state index >= 15 is 0 Å². The van der Waals surface area contributed by atoms with Crippen LogP contribution in [0.15, 0.2) is 29.8 Å². The Balaban J connectivity index is 2.53. The molecule has 13 heavy (non-hydrogen) atoms. The highest BCUT2D eigenvalue weighted by Gasteiger charge is 2.04. The van der Waals surface area contributed by atoms with E-state index in [1.165, 1.54) is 23.5 Å². The van der Waals surface area contributed by atoms with Crippen molar-refractivity contribution in [2.75, 3.05) is 0 Å². The molecule has 1 nitrogen and oxygen atoms in total. The summed E-state index contributed by atoms with van der Waals surface area (Å²) in [7, 11) is 0. The van der Waals surface area contributed by atoms with Crippen molar-refractivity contribution in [3.63, 3.8) is 0 Å². The van der Waals surface area contributed by atoms with E-state index in [0.717, 1.165) is 16.1 Å². The number of benzene rings is 1. The van der Waals surface area contributed by atoms with Crippen LogP contribution in [-0.4, -0.2) is 4.98 Å². The topological polar surface area (TPSA) is 12.9 Å². The van der Waals surface area contributed by atoms with E-state index < -0.39 is 0 Å². The van der Waals surface area contributed by atoms with Crippen molar-refractivity contribution >= 4 is 11.3 Å². The van der Waals surface area contributed by atoms with Gasteiger partial charge in [-0.25, -0.2) is 9.37 Å². The highest BCUT2D eigenvalue weighted by molar-refractivity contribution is 7.10. The number of hydrogen-bond acceptors (Lipinski definition) is 2. The Morgan fingerprint density at radius 3 is 2.85 bits per heavy atom. The Hall–Kier alpha value is -1.22. The average Bonchev–Trinajstić information content (AvgIpc) is 2.51. The summed E-state index contributed by atoms with van der Waals surface area (Å²) >= 11 is 1.46. The molecule has 0 aliphatic rings. The molecule has 0 amide bonds. The van der Waals surface area contributed by atoms with Gasteiger partial charge >= 0.3 is 0 Å². The molecule has 0 atom stereocenters. The van der Waals surface area contributed by atoms with Crippen molar-refractivity contribution in [3.8, 4) is 11.3 Å². The molecule has 0 bridgehead atoms. The number of aromatic nitrogens is 1. The first-order chi connectivity index (χ1) is 6.27. The van der Waals surface area contributed by atoms with Gasteiger partial charge in [-0.1, -0.05) is 12.1 Å². The molecular formula is C10H7FNS. The van der Waals surface area contributed by atoms with Crippen LogP contribution in [0.5, 0.6) is 0 Å². The van der Waals surface area contributed by atoms with Gasteiger partial charge in [0.25, 0.3) is 0 Å². The maximum absolute atomic E-state index is 12.8. The summed E-state index contributed by atoms with van der Waals surface area (Å²) in [5.41, 5.74) is 3.26. The Labute approximate surface area is 79.9 Å². The van der Waals surface area contributed by atoms with Gasteiger partial charge in [0.2, 0.25) is 0 Å². The fourth-order valence-electron chi connectivity index (χ4n) is 1.14. The fourth-order valence-corrected chi connectivity index (χ4v) is 1.71. The summed E-state index contributed by atoms with van der Waals surface area (Å²) in [6.07, 6.45) is 0. The minimum absolute atomic E-state index is 0.245. The number of halogens is 1. The van der Waals surface area contributed by atoms with Crippen molar-refractivity contribution in [1.29, 1.82) is 0 Å². The minimum atomic E-state index is -0.245. The van der Waals surface area contributed by atoms with Crippen LogP contribution < -0.4 is 0 Å². The zero-order valence-corrected chi connectivity index (χ0v) is 7.64. The summed E-state index contributed by atoms with van der Waals surface area (Å²) in [6, 6.07) is 6.37. The lowest BCUT2D eigenvalue weighted by Crippen LogP contribution is -1.81. The van der Waals surface area contributed by atoms with Crippen LogP contribution in [0.4, 0.5) is 4.39 Å². The third-order valence-electron chi connectivity index (χ3n) is 1.74. The lowest BCUT2D eigenvalue weighted by atomic mass is 10.1. The fraction of sp³-hybridized carbons (Fsp3) is 0. The Morgan fingerprint density at radius 2 is 2.23 bits per heavy atom. The van der Waals surface area contributed by atoms with E-state index in [1.807, 2.05) is 6.07 Å². The monoisotopic (exact) mass is 192 g/mol. The van der Waals surface area contributed by atoms with E-state index in [-0.39, 0.29) is 5.82 Å². The van der Waals surface area contributed by atoms with Crippen molar-refractivity contribution in [2.45, 2.75) is 0 Å². The van der Waals surface area contributed by atoms with Gasteiger partial charge in [-0.2, -0.15) is 0 Å². The zero-order chi connectivity index (χ0) is 9.26. The summed E-state index contributed by atoms with van der Waals surface area (Å²) in [6.45, 7) is 3.82. The molecule has 0 fully saturated rings. The molecule has 0 aliphatic heterocycles. The van der Waals surface area contributed by atoms with Crippen molar-refractivity contribution in [2.24, 2.45) is 0 Å². The molecule has 1 radical (unpaired) electrons. The Morgan fingerprint density at radius 1 is 1.38 bits per heavy atom. The summed E-state index contributed by atoms with van der Waals surface area (Å²) < 4.78 is 12.8. The summed E-state index contributed by atoms with van der Waals surface area (Å²) in [4.78, 5) is 4.98. The highest BCUT2D eigenvalue weighted by atomic mass is 32.1. The van der Waals surface area contributed by atoms with Crippen LogP contribution in [0, 0.1) is 12.7 Å². The second-order valence-electron chi connectivity index (χ2n) is 2.63. The van der Waals surface area contributed by atoms with E-state index in [9.17, 15) is 4.39 Å². The highest BCUT2D eigenvalue weighted by Crippen LogP contribution is 2.24. The van der Waals surface area contributed by atoms with Gasteiger partial charge in [-0.3, -0.25) is 0 Å². The molecule has 0 saturated heterocycles.